The van der Waals surface area contributed by atoms with Gasteiger partial charge in [0.05, 0.1) is 6.33 Å². The number of rotatable bonds is 19. The van der Waals surface area contributed by atoms with Crippen molar-refractivity contribution in [1.29, 1.82) is 0 Å². The van der Waals surface area contributed by atoms with E-state index in [-0.39, 0.29) is 81.5 Å². The van der Waals surface area contributed by atoms with Gasteiger partial charge in [0.25, 0.3) is 0 Å². The van der Waals surface area contributed by atoms with Gasteiger partial charge in [-0.05, 0) is 48.8 Å². The average molecular weight is 1150 g/mol. The fourth-order valence-corrected chi connectivity index (χ4v) is 10.8. The summed E-state index contributed by atoms with van der Waals surface area (Å²) in [6.07, 6.45) is 4.55. The molecule has 1 saturated heterocycles. The fourth-order valence-electron chi connectivity index (χ4n) is 8.43. The predicted molar refractivity (Wildman–Crippen MR) is 304 cm³/mol. The van der Waals surface area contributed by atoms with Gasteiger partial charge >= 0.3 is 0 Å². The molecular weight excluding hydrogens is 1070 g/mol. The maximum atomic E-state index is 14.7. The molecule has 0 aliphatic carbocycles. The molecule has 0 unspecified atom stereocenters. The summed E-state index contributed by atoms with van der Waals surface area (Å²) in [6.45, 7) is 4.70. The Balaban J connectivity index is 1.58. The minimum absolute atomic E-state index is 0.0563. The molecule has 1 aliphatic heterocycles. The smallest absolute Gasteiger partial charge is 0.244 e. The quantitative estimate of drug-likeness (QED) is 0.0199. The number of carbonyl (C=O) groups is 9. The summed E-state index contributed by atoms with van der Waals surface area (Å²) < 4.78 is 0. The lowest BCUT2D eigenvalue weighted by Crippen LogP contribution is -2.61. The zero-order valence-electron chi connectivity index (χ0n) is 44.6. The van der Waals surface area contributed by atoms with Gasteiger partial charge in [0, 0.05) is 79.8 Å². The second-order valence-electron chi connectivity index (χ2n) is 19.3. The number of aliphatic imine (C=N–C) groups is 2. The van der Waals surface area contributed by atoms with Gasteiger partial charge in [-0.25, -0.2) is 4.98 Å². The van der Waals surface area contributed by atoms with Gasteiger partial charge in [-0.3, -0.25) is 53.1 Å². The van der Waals surface area contributed by atoms with Crippen LogP contribution in [0.3, 0.4) is 0 Å². The van der Waals surface area contributed by atoms with Crippen LogP contribution in [0, 0.1) is 5.92 Å². The highest BCUT2D eigenvalue weighted by Crippen LogP contribution is 2.24. The van der Waals surface area contributed by atoms with Crippen LogP contribution in [-0.4, -0.2) is 153 Å². The number of imidazole rings is 1. The molecule has 1 aliphatic rings. The SMILES string of the molecule is CC(=O)N[C@@H](CCCN=C(N)N)C(=O)N[C@H]1CSSC[C@@H](C(N)=O)NC(=O)[C@H](Cc2c[nH]c3ccccc23)NC(=O)[C@H](CCCN=C(N)N)NC(=O)[C@@H](Cc2ccccc2)NC(=O)[C@H](Cc2cnc[nH]2)NC(=O)[C@@H](C(C)C)NC1=O. The Morgan fingerprint density at radius 1 is 0.675 bits per heavy atom. The molecule has 0 radical (unpaired) electrons. The molecule has 1 fully saturated rings. The molecular formula is C51H72N18O9S2. The van der Waals surface area contributed by atoms with E-state index in [0.29, 0.717) is 16.8 Å². The van der Waals surface area contributed by atoms with Crippen LogP contribution in [0.4, 0.5) is 0 Å². The molecule has 0 saturated carbocycles. The first-order chi connectivity index (χ1) is 38.2. The third kappa shape index (κ3) is 20.2. The number of H-pyrrole nitrogens is 2. The summed E-state index contributed by atoms with van der Waals surface area (Å²) in [7, 11) is 2.03. The zero-order valence-corrected chi connectivity index (χ0v) is 46.3. The van der Waals surface area contributed by atoms with E-state index in [1.165, 1.54) is 19.4 Å². The standard InChI is InChI=1S/C51H72N18O9S2/c1-27(2)41-49(78)66-38(21-31-23-57-26-61-31)47(76)64-36(19-29-11-5-4-6-12-29)45(74)63-35(16-10-18-59-51(55)56)44(73)65-37(20-30-22-60-33-14-8-7-13-32(30)33)46(75)67-39(42(52)71)24-79-80-25-40(48(77)69-41)68-43(72)34(62-28(3)70)15-9-17-58-50(53)54/h4-8,11-14,22-23,26-27,34-41,60H,9-10,15-21,24-25H2,1-3H3,(H2,52,71)(H,57,61)(H,62,70)(H,63,74)(H,64,76)(H,65,73)(H,66,78)(H,67,75)(H,68,72)(H,69,77)(H4,53,54,58)(H4,55,56,59)/t34-,35-,36+,37-,38-,39-,40-,41+/m0/s1. The van der Waals surface area contributed by atoms with Gasteiger partial charge in [0.1, 0.15) is 48.3 Å². The lowest BCUT2D eigenvalue weighted by atomic mass is 10.0. The Kier molecular flexibility index (Phi) is 24.5. The minimum atomic E-state index is -1.41. The maximum absolute atomic E-state index is 14.7. The van der Waals surface area contributed by atoms with Crippen molar-refractivity contribution in [3.63, 3.8) is 0 Å². The van der Waals surface area contributed by atoms with Gasteiger partial charge in [-0.15, -0.1) is 0 Å². The Labute approximate surface area is 469 Å². The van der Waals surface area contributed by atoms with Crippen molar-refractivity contribution in [1.82, 2.24) is 57.5 Å². The molecule has 0 bridgehead atoms. The lowest BCUT2D eigenvalue weighted by Gasteiger charge is -2.29. The molecule has 4 aromatic rings. The average Bonchev–Trinajstić information content (AvgIpc) is 4.09. The number of nitrogens with two attached hydrogens (primary N) is 5. The Bertz CT molecular complexity index is 2820. The highest BCUT2D eigenvalue weighted by atomic mass is 33.1. The Morgan fingerprint density at radius 3 is 1.90 bits per heavy atom. The summed E-state index contributed by atoms with van der Waals surface area (Å²) in [5.74, 6) is -8.53. The molecule has 27 nitrogen and oxygen atoms in total. The third-order valence-electron chi connectivity index (χ3n) is 12.6. The predicted octanol–water partition coefficient (Wildman–Crippen LogP) is -2.54. The number of nitrogens with one attached hydrogen (secondary N) is 10. The summed E-state index contributed by atoms with van der Waals surface area (Å²) in [6, 6.07) is 5.17. The van der Waals surface area contributed by atoms with Crippen molar-refractivity contribution in [3.8, 4) is 0 Å². The molecule has 2 aromatic heterocycles. The summed E-state index contributed by atoms with van der Waals surface area (Å²) in [5, 5.41) is 22.5. The molecule has 3 heterocycles. The van der Waals surface area contributed by atoms with E-state index in [2.05, 4.69) is 67.5 Å². The van der Waals surface area contributed by atoms with E-state index in [9.17, 15) is 43.2 Å². The van der Waals surface area contributed by atoms with Crippen LogP contribution in [0.5, 0.6) is 0 Å². The number of nitrogens with zero attached hydrogens (tertiary/aromatic N) is 3. The van der Waals surface area contributed by atoms with Crippen molar-refractivity contribution >= 4 is 97.6 Å². The molecule has 5 rings (SSSR count). The Morgan fingerprint density at radius 2 is 1.26 bits per heavy atom. The highest BCUT2D eigenvalue weighted by Gasteiger charge is 2.36. The van der Waals surface area contributed by atoms with Crippen molar-refractivity contribution in [2.45, 2.75) is 114 Å². The van der Waals surface area contributed by atoms with Gasteiger partial charge in [-0.2, -0.15) is 0 Å². The van der Waals surface area contributed by atoms with Crippen LogP contribution >= 0.6 is 21.6 Å². The second kappa shape index (κ2) is 31.3. The van der Waals surface area contributed by atoms with E-state index in [1.807, 2.05) is 18.2 Å². The Hall–Kier alpha value is -8.34. The van der Waals surface area contributed by atoms with Crippen LogP contribution in [0.15, 0.2) is 83.3 Å². The normalized spacial score (nSPS) is 21.5. The third-order valence-corrected chi connectivity index (χ3v) is 15.0. The van der Waals surface area contributed by atoms with Crippen LogP contribution in [0.1, 0.15) is 63.3 Å². The largest absolute Gasteiger partial charge is 0.370 e. The van der Waals surface area contributed by atoms with Crippen LogP contribution in [-0.2, 0) is 62.4 Å². The first-order valence-corrected chi connectivity index (χ1v) is 28.3. The lowest BCUT2D eigenvalue weighted by molar-refractivity contribution is -0.136. The molecule has 0 spiro atoms. The topological polar surface area (TPSA) is 449 Å². The van der Waals surface area contributed by atoms with E-state index in [1.54, 1.807) is 56.4 Å². The summed E-state index contributed by atoms with van der Waals surface area (Å²) in [5.41, 5.74) is 30.4. The number of hydrogen-bond acceptors (Lipinski definition) is 14. The van der Waals surface area contributed by atoms with Crippen molar-refractivity contribution in [2.75, 3.05) is 24.6 Å². The maximum Gasteiger partial charge on any atom is 0.244 e. The number of guanidine groups is 2. The number of fused-ring (bicyclic) bond motifs is 1. The van der Waals surface area contributed by atoms with Crippen molar-refractivity contribution < 1.29 is 43.2 Å². The van der Waals surface area contributed by atoms with Gasteiger partial charge < -0.3 is 81.2 Å². The van der Waals surface area contributed by atoms with Crippen molar-refractivity contribution in [2.24, 2.45) is 44.6 Å². The van der Waals surface area contributed by atoms with Gasteiger partial charge in [0.2, 0.25) is 53.2 Å². The minimum Gasteiger partial charge on any atom is -0.370 e. The number of primary amides is 1. The van der Waals surface area contributed by atoms with Crippen LogP contribution in [0.25, 0.3) is 10.9 Å². The fraction of sp³-hybridized carbons (Fsp3) is 0.451. The number of carbonyl (C=O) groups excluding carboxylic acids is 9. The van der Waals surface area contributed by atoms with Crippen molar-refractivity contribution in [3.05, 3.63) is 90.1 Å². The number of hydrogen-bond donors (Lipinski definition) is 15. The number of aromatic nitrogens is 3. The van der Waals surface area contributed by atoms with E-state index < -0.39 is 107 Å². The van der Waals surface area contributed by atoms with Crippen LogP contribution < -0.4 is 71.2 Å². The molecule has 29 heteroatoms. The van der Waals surface area contributed by atoms with E-state index in [0.717, 1.165) is 32.5 Å². The summed E-state index contributed by atoms with van der Waals surface area (Å²) in [4.78, 5) is 145. The summed E-state index contributed by atoms with van der Waals surface area (Å²) >= 11 is 0. The van der Waals surface area contributed by atoms with E-state index >= 15 is 0 Å². The van der Waals surface area contributed by atoms with E-state index in [4.69, 9.17) is 28.7 Å². The molecule has 20 N–H and O–H groups in total. The number of para-hydroxylation sites is 1. The molecule has 8 atom stereocenters. The zero-order chi connectivity index (χ0) is 58.3. The van der Waals surface area contributed by atoms with Crippen LogP contribution in [0.2, 0.25) is 0 Å². The molecule has 80 heavy (non-hydrogen) atoms. The molecule has 9 amide bonds. The van der Waals surface area contributed by atoms with Gasteiger partial charge in [-0.1, -0.05) is 84.0 Å². The molecule has 432 valence electrons. The monoisotopic (exact) mass is 1140 g/mol. The second-order valence-corrected chi connectivity index (χ2v) is 21.8. The number of amides is 9. The first kappa shape index (κ1) is 62.5. The van der Waals surface area contributed by atoms with Gasteiger partial charge in [0.15, 0.2) is 11.9 Å². The highest BCUT2D eigenvalue weighted by molar-refractivity contribution is 8.76. The first-order valence-electron chi connectivity index (χ1n) is 25.8. The molecule has 2 aromatic carbocycles. The number of aromatic amines is 2. The number of benzene rings is 2.